The Bertz CT molecular complexity index is 566. The van der Waals surface area contributed by atoms with Gasteiger partial charge in [0.25, 0.3) is 0 Å². The summed E-state index contributed by atoms with van der Waals surface area (Å²) in [6.07, 6.45) is 0. The third kappa shape index (κ3) is 3.11. The van der Waals surface area contributed by atoms with Crippen molar-refractivity contribution in [1.29, 1.82) is 0 Å². The molecule has 1 heterocycles. The van der Waals surface area contributed by atoms with Crippen LogP contribution in [0.5, 0.6) is 0 Å². The number of rotatable bonds is 4. The molecular weight excluding hydrogens is 261 g/mol. The second kappa shape index (κ2) is 5.67. The Kier molecular flexibility index (Phi) is 4.17. The molecular formula is C14H18FN3S. The Labute approximate surface area is 116 Å². The molecule has 2 aromatic rings. The zero-order chi connectivity index (χ0) is 14.0. The molecule has 0 saturated carbocycles. The lowest BCUT2D eigenvalue weighted by Gasteiger charge is -2.20. The molecule has 0 saturated heterocycles. The van der Waals surface area contributed by atoms with Crippen LogP contribution in [-0.2, 0) is 6.54 Å². The topological polar surface area (TPSA) is 42.2 Å². The SMILES string of the molecule is Cc1ncsc1CN(C)c1ccc(C(C)N)cc1F. The summed E-state index contributed by atoms with van der Waals surface area (Å²) in [5.41, 5.74) is 9.96. The normalized spacial score (nSPS) is 12.5. The van der Waals surface area contributed by atoms with E-state index in [0.717, 1.165) is 16.1 Å². The van der Waals surface area contributed by atoms with Gasteiger partial charge in [0.2, 0.25) is 0 Å². The molecule has 0 amide bonds. The monoisotopic (exact) mass is 279 g/mol. The molecule has 5 heteroatoms. The summed E-state index contributed by atoms with van der Waals surface area (Å²) in [7, 11) is 1.88. The largest absolute Gasteiger partial charge is 0.367 e. The van der Waals surface area contributed by atoms with Crippen LogP contribution < -0.4 is 10.6 Å². The minimum absolute atomic E-state index is 0.155. The van der Waals surface area contributed by atoms with Crippen LogP contribution in [0.4, 0.5) is 10.1 Å². The highest BCUT2D eigenvalue weighted by molar-refractivity contribution is 7.09. The number of thiazole rings is 1. The van der Waals surface area contributed by atoms with Crippen LogP contribution >= 0.6 is 11.3 Å². The Hall–Kier alpha value is -1.46. The van der Waals surface area contributed by atoms with Crippen molar-refractivity contribution < 1.29 is 4.39 Å². The van der Waals surface area contributed by atoms with Crippen molar-refractivity contribution in [2.75, 3.05) is 11.9 Å². The Morgan fingerprint density at radius 3 is 2.74 bits per heavy atom. The quantitative estimate of drug-likeness (QED) is 0.934. The fraction of sp³-hybridized carbons (Fsp3) is 0.357. The van der Waals surface area contributed by atoms with Crippen molar-refractivity contribution in [2.45, 2.75) is 26.4 Å². The average Bonchev–Trinajstić information content (AvgIpc) is 2.74. The predicted molar refractivity (Wildman–Crippen MR) is 78.0 cm³/mol. The molecule has 0 radical (unpaired) electrons. The van der Waals surface area contributed by atoms with E-state index in [1.165, 1.54) is 6.07 Å². The van der Waals surface area contributed by atoms with Crippen LogP contribution in [0.15, 0.2) is 23.7 Å². The van der Waals surface area contributed by atoms with E-state index in [4.69, 9.17) is 5.73 Å². The Morgan fingerprint density at radius 2 is 2.21 bits per heavy atom. The molecule has 0 spiro atoms. The van der Waals surface area contributed by atoms with Gasteiger partial charge >= 0.3 is 0 Å². The van der Waals surface area contributed by atoms with E-state index in [-0.39, 0.29) is 11.9 Å². The number of halogens is 1. The summed E-state index contributed by atoms with van der Waals surface area (Å²) in [5.74, 6) is -0.237. The standard InChI is InChI=1S/C14H18FN3S/c1-9(16)11-4-5-13(12(15)6-11)18(3)7-14-10(2)17-8-19-14/h4-6,8-9H,7,16H2,1-3H3. The van der Waals surface area contributed by atoms with Crippen LogP contribution in [0.25, 0.3) is 0 Å². The number of hydrogen-bond donors (Lipinski definition) is 1. The summed E-state index contributed by atoms with van der Waals surface area (Å²) in [5, 5.41) is 0. The minimum Gasteiger partial charge on any atom is -0.367 e. The van der Waals surface area contributed by atoms with Gasteiger partial charge in [0.1, 0.15) is 5.82 Å². The molecule has 0 aliphatic carbocycles. The number of aromatic nitrogens is 1. The molecule has 1 aromatic heterocycles. The molecule has 0 aliphatic heterocycles. The fourth-order valence-corrected chi connectivity index (χ4v) is 2.72. The number of nitrogens with two attached hydrogens (primary N) is 1. The summed E-state index contributed by atoms with van der Waals surface area (Å²) in [6, 6.07) is 5.01. The summed E-state index contributed by atoms with van der Waals surface area (Å²) in [4.78, 5) is 7.25. The van der Waals surface area contributed by atoms with Crippen molar-refractivity contribution >= 4 is 17.0 Å². The molecule has 102 valence electrons. The predicted octanol–water partition coefficient (Wildman–Crippen LogP) is 3.25. The maximum absolute atomic E-state index is 14.1. The molecule has 1 aromatic carbocycles. The van der Waals surface area contributed by atoms with E-state index in [9.17, 15) is 4.39 Å². The number of hydrogen-bond acceptors (Lipinski definition) is 4. The molecule has 1 atom stereocenters. The zero-order valence-corrected chi connectivity index (χ0v) is 12.2. The van der Waals surface area contributed by atoms with Crippen molar-refractivity contribution in [3.05, 3.63) is 45.7 Å². The maximum atomic E-state index is 14.1. The molecule has 1 unspecified atom stereocenters. The van der Waals surface area contributed by atoms with E-state index in [1.54, 1.807) is 17.4 Å². The van der Waals surface area contributed by atoms with E-state index >= 15 is 0 Å². The lowest BCUT2D eigenvalue weighted by atomic mass is 10.1. The summed E-state index contributed by atoms with van der Waals surface area (Å²) >= 11 is 1.59. The molecule has 0 fully saturated rings. The van der Waals surface area contributed by atoms with Gasteiger partial charge in [-0.05, 0) is 31.5 Å². The number of nitrogens with zero attached hydrogens (tertiary/aromatic N) is 2. The van der Waals surface area contributed by atoms with Crippen LogP contribution in [0.1, 0.15) is 29.1 Å². The third-order valence-electron chi connectivity index (χ3n) is 3.13. The number of benzene rings is 1. The van der Waals surface area contributed by atoms with E-state index in [0.29, 0.717) is 12.2 Å². The van der Waals surface area contributed by atoms with Gasteiger partial charge in [-0.2, -0.15) is 0 Å². The van der Waals surface area contributed by atoms with Crippen LogP contribution in [-0.4, -0.2) is 12.0 Å². The molecule has 19 heavy (non-hydrogen) atoms. The Morgan fingerprint density at radius 1 is 1.47 bits per heavy atom. The van der Waals surface area contributed by atoms with Crippen LogP contribution in [0.2, 0.25) is 0 Å². The summed E-state index contributed by atoms with van der Waals surface area (Å²) < 4.78 is 14.1. The van der Waals surface area contributed by atoms with Gasteiger partial charge < -0.3 is 10.6 Å². The first kappa shape index (κ1) is 14.0. The number of anilines is 1. The van der Waals surface area contributed by atoms with Crippen LogP contribution in [0.3, 0.4) is 0 Å². The fourth-order valence-electron chi connectivity index (χ4n) is 1.89. The van der Waals surface area contributed by atoms with Gasteiger partial charge in [-0.15, -0.1) is 11.3 Å². The van der Waals surface area contributed by atoms with Gasteiger partial charge in [0.15, 0.2) is 0 Å². The highest BCUT2D eigenvalue weighted by Crippen LogP contribution is 2.24. The molecule has 0 aliphatic rings. The van der Waals surface area contributed by atoms with Crippen molar-refractivity contribution in [1.82, 2.24) is 4.98 Å². The highest BCUT2D eigenvalue weighted by atomic mass is 32.1. The second-order valence-corrected chi connectivity index (χ2v) is 5.66. The lowest BCUT2D eigenvalue weighted by molar-refractivity contribution is 0.617. The number of aryl methyl sites for hydroxylation is 1. The van der Waals surface area contributed by atoms with Gasteiger partial charge in [-0.25, -0.2) is 9.37 Å². The first-order valence-corrected chi connectivity index (χ1v) is 7.02. The minimum atomic E-state index is -0.237. The average molecular weight is 279 g/mol. The van der Waals surface area contributed by atoms with Gasteiger partial charge in [-0.3, -0.25) is 0 Å². The van der Waals surface area contributed by atoms with Gasteiger partial charge in [0.05, 0.1) is 23.4 Å². The highest BCUT2D eigenvalue weighted by Gasteiger charge is 2.12. The van der Waals surface area contributed by atoms with Crippen molar-refractivity contribution in [3.63, 3.8) is 0 Å². The van der Waals surface area contributed by atoms with Gasteiger partial charge in [0, 0.05) is 18.0 Å². The Balaban J connectivity index is 2.20. The molecule has 3 nitrogen and oxygen atoms in total. The van der Waals surface area contributed by atoms with E-state index in [2.05, 4.69) is 4.98 Å². The smallest absolute Gasteiger partial charge is 0.146 e. The molecule has 2 N–H and O–H groups in total. The summed E-state index contributed by atoms with van der Waals surface area (Å²) in [6.45, 7) is 4.47. The van der Waals surface area contributed by atoms with Crippen molar-refractivity contribution in [3.8, 4) is 0 Å². The van der Waals surface area contributed by atoms with Gasteiger partial charge in [-0.1, -0.05) is 6.07 Å². The first-order valence-electron chi connectivity index (χ1n) is 6.14. The maximum Gasteiger partial charge on any atom is 0.146 e. The molecule has 0 bridgehead atoms. The molecule has 2 rings (SSSR count). The van der Waals surface area contributed by atoms with Crippen molar-refractivity contribution in [2.24, 2.45) is 5.73 Å². The van der Waals surface area contributed by atoms with Crippen LogP contribution in [0, 0.1) is 12.7 Å². The first-order chi connectivity index (χ1) is 8.99. The van der Waals surface area contributed by atoms with E-state index in [1.807, 2.05) is 37.4 Å². The lowest BCUT2D eigenvalue weighted by Crippen LogP contribution is -2.18. The zero-order valence-electron chi connectivity index (χ0n) is 11.4. The second-order valence-electron chi connectivity index (χ2n) is 4.72. The third-order valence-corrected chi connectivity index (χ3v) is 4.05. The van der Waals surface area contributed by atoms with E-state index < -0.39 is 0 Å².